The molecule has 1 amide bonds. The minimum Gasteiger partial charge on any atom is -0.399 e. The van der Waals surface area contributed by atoms with Crippen LogP contribution < -0.4 is 11.1 Å². The van der Waals surface area contributed by atoms with Crippen molar-refractivity contribution < 1.29 is 9.18 Å². The van der Waals surface area contributed by atoms with Crippen molar-refractivity contribution in [3.8, 4) is 0 Å². The van der Waals surface area contributed by atoms with Gasteiger partial charge in [-0.2, -0.15) is 11.8 Å². The van der Waals surface area contributed by atoms with E-state index >= 15 is 0 Å². The first-order valence-electron chi connectivity index (χ1n) is 5.17. The maximum atomic E-state index is 13.4. The van der Waals surface area contributed by atoms with Gasteiger partial charge in [-0.1, -0.05) is 6.08 Å². The smallest absolute Gasteiger partial charge is 0.254 e. The zero-order valence-corrected chi connectivity index (χ0v) is 10.2. The number of carbonyl (C=O) groups excluding carboxylic acids is 1. The molecule has 0 radical (unpaired) electrons. The zero-order chi connectivity index (χ0) is 12.7. The van der Waals surface area contributed by atoms with Gasteiger partial charge in [0.1, 0.15) is 5.82 Å². The number of nitrogens with two attached hydrogens (primary N) is 1. The molecule has 0 aromatic heterocycles. The average Bonchev–Trinajstić information content (AvgIpc) is 2.28. The zero-order valence-electron chi connectivity index (χ0n) is 9.41. The fraction of sp³-hybridized carbons (Fsp3) is 0.250. The first kappa shape index (κ1) is 13.6. The summed E-state index contributed by atoms with van der Waals surface area (Å²) < 4.78 is 13.4. The van der Waals surface area contributed by atoms with Crippen molar-refractivity contribution in [1.29, 1.82) is 0 Å². The van der Waals surface area contributed by atoms with Crippen molar-refractivity contribution >= 4 is 23.4 Å². The molecule has 0 saturated carbocycles. The lowest BCUT2D eigenvalue weighted by atomic mass is 10.2. The molecule has 3 N–H and O–H groups in total. The lowest BCUT2D eigenvalue weighted by Crippen LogP contribution is -2.26. The summed E-state index contributed by atoms with van der Waals surface area (Å²) in [6.07, 6.45) is 1.80. The Bertz CT molecular complexity index is 409. The Morgan fingerprint density at radius 3 is 3.00 bits per heavy atom. The predicted molar refractivity (Wildman–Crippen MR) is 70.7 cm³/mol. The van der Waals surface area contributed by atoms with Crippen molar-refractivity contribution in [2.24, 2.45) is 0 Å². The van der Waals surface area contributed by atoms with Crippen LogP contribution in [0.3, 0.4) is 0 Å². The summed E-state index contributed by atoms with van der Waals surface area (Å²) in [5.74, 6) is 0.600. The molecule has 92 valence electrons. The second kappa shape index (κ2) is 6.96. The number of carbonyl (C=O) groups is 1. The number of nitrogens with one attached hydrogen (secondary N) is 1. The number of rotatable bonds is 6. The van der Waals surface area contributed by atoms with Crippen LogP contribution >= 0.6 is 11.8 Å². The molecule has 0 spiro atoms. The molecule has 0 aliphatic rings. The van der Waals surface area contributed by atoms with Gasteiger partial charge < -0.3 is 11.1 Å². The van der Waals surface area contributed by atoms with E-state index in [2.05, 4.69) is 11.9 Å². The molecule has 0 aliphatic carbocycles. The van der Waals surface area contributed by atoms with Crippen LogP contribution in [0.5, 0.6) is 0 Å². The third-order valence-electron chi connectivity index (χ3n) is 2.01. The van der Waals surface area contributed by atoms with E-state index in [1.54, 1.807) is 17.8 Å². The molecule has 0 unspecified atom stereocenters. The minimum absolute atomic E-state index is 0.0212. The quantitative estimate of drug-likeness (QED) is 0.464. The van der Waals surface area contributed by atoms with E-state index in [1.807, 2.05) is 0 Å². The summed E-state index contributed by atoms with van der Waals surface area (Å²) in [6, 6.07) is 4.03. The molecule has 5 heteroatoms. The number of thioether (sulfide) groups is 1. The molecule has 3 nitrogen and oxygen atoms in total. The van der Waals surface area contributed by atoms with Gasteiger partial charge in [-0.05, 0) is 18.2 Å². The van der Waals surface area contributed by atoms with Gasteiger partial charge in [-0.15, -0.1) is 6.58 Å². The highest BCUT2D eigenvalue weighted by Gasteiger charge is 2.10. The molecule has 1 aromatic rings. The van der Waals surface area contributed by atoms with E-state index in [1.165, 1.54) is 12.1 Å². The molecular formula is C12H15FN2OS. The third-order valence-corrected chi connectivity index (χ3v) is 2.97. The highest BCUT2D eigenvalue weighted by Crippen LogP contribution is 2.11. The first-order valence-corrected chi connectivity index (χ1v) is 6.32. The van der Waals surface area contributed by atoms with Crippen LogP contribution in [0.4, 0.5) is 10.1 Å². The second-order valence-corrected chi connectivity index (χ2v) is 4.51. The number of anilines is 1. The van der Waals surface area contributed by atoms with E-state index in [0.717, 1.165) is 17.6 Å². The molecule has 0 aliphatic heterocycles. The Morgan fingerprint density at radius 2 is 2.35 bits per heavy atom. The van der Waals surface area contributed by atoms with E-state index in [4.69, 9.17) is 5.73 Å². The van der Waals surface area contributed by atoms with Gasteiger partial charge in [-0.25, -0.2) is 4.39 Å². The Balaban J connectivity index is 2.44. The second-order valence-electron chi connectivity index (χ2n) is 3.36. The highest BCUT2D eigenvalue weighted by molar-refractivity contribution is 7.99. The highest BCUT2D eigenvalue weighted by atomic mass is 32.2. The monoisotopic (exact) mass is 254 g/mol. The maximum Gasteiger partial charge on any atom is 0.254 e. The fourth-order valence-corrected chi connectivity index (χ4v) is 1.79. The molecule has 0 bridgehead atoms. The van der Waals surface area contributed by atoms with Gasteiger partial charge in [0.2, 0.25) is 0 Å². The van der Waals surface area contributed by atoms with Crippen molar-refractivity contribution in [2.45, 2.75) is 0 Å². The largest absolute Gasteiger partial charge is 0.399 e. The summed E-state index contributed by atoms with van der Waals surface area (Å²) in [5.41, 5.74) is 5.73. The predicted octanol–water partition coefficient (Wildman–Crippen LogP) is 2.06. The number of nitrogen functional groups attached to an aromatic ring is 1. The van der Waals surface area contributed by atoms with E-state index in [-0.39, 0.29) is 5.56 Å². The summed E-state index contributed by atoms with van der Waals surface area (Å²) in [4.78, 5) is 11.6. The van der Waals surface area contributed by atoms with Gasteiger partial charge in [0.05, 0.1) is 5.56 Å². The SMILES string of the molecule is C=CCSCCNC(=O)c1ccc(N)cc1F. The number of amides is 1. The van der Waals surface area contributed by atoms with Crippen LogP contribution in [-0.2, 0) is 0 Å². The standard InChI is InChI=1S/C12H15FN2OS/c1-2-6-17-7-5-15-12(16)10-4-3-9(14)8-11(10)13/h2-4,8H,1,5-7,14H2,(H,15,16). The van der Waals surface area contributed by atoms with E-state index in [0.29, 0.717) is 12.2 Å². The fourth-order valence-electron chi connectivity index (χ4n) is 1.21. The lowest BCUT2D eigenvalue weighted by molar-refractivity contribution is 0.0952. The summed E-state index contributed by atoms with van der Waals surface area (Å²) in [5, 5.41) is 2.64. The lowest BCUT2D eigenvalue weighted by Gasteiger charge is -2.06. The number of benzene rings is 1. The van der Waals surface area contributed by atoms with Crippen molar-refractivity contribution in [1.82, 2.24) is 5.32 Å². The Morgan fingerprint density at radius 1 is 1.59 bits per heavy atom. The number of hydrogen-bond donors (Lipinski definition) is 2. The third kappa shape index (κ3) is 4.48. The molecular weight excluding hydrogens is 239 g/mol. The first-order chi connectivity index (χ1) is 8.15. The molecule has 0 atom stereocenters. The van der Waals surface area contributed by atoms with Crippen LogP contribution in [0.25, 0.3) is 0 Å². The van der Waals surface area contributed by atoms with Crippen LogP contribution in [0.15, 0.2) is 30.9 Å². The molecule has 17 heavy (non-hydrogen) atoms. The molecule has 1 rings (SSSR count). The number of hydrogen-bond acceptors (Lipinski definition) is 3. The normalized spacial score (nSPS) is 9.94. The summed E-state index contributed by atoms with van der Waals surface area (Å²) >= 11 is 1.65. The van der Waals surface area contributed by atoms with E-state index in [9.17, 15) is 9.18 Å². The van der Waals surface area contributed by atoms with Crippen LogP contribution in [0.2, 0.25) is 0 Å². The Kier molecular flexibility index (Phi) is 5.56. The van der Waals surface area contributed by atoms with Crippen molar-refractivity contribution in [2.75, 3.05) is 23.8 Å². The van der Waals surface area contributed by atoms with Crippen LogP contribution in [0.1, 0.15) is 10.4 Å². The van der Waals surface area contributed by atoms with Crippen LogP contribution in [-0.4, -0.2) is 24.0 Å². The maximum absolute atomic E-state index is 13.4. The molecule has 0 heterocycles. The van der Waals surface area contributed by atoms with Crippen LogP contribution in [0, 0.1) is 5.82 Å². The molecule has 0 fully saturated rings. The summed E-state index contributed by atoms with van der Waals surface area (Å²) in [6.45, 7) is 4.09. The summed E-state index contributed by atoms with van der Waals surface area (Å²) in [7, 11) is 0. The number of halogens is 1. The Labute approximate surface area is 104 Å². The minimum atomic E-state index is -0.596. The van der Waals surface area contributed by atoms with Crippen molar-refractivity contribution in [3.05, 3.63) is 42.2 Å². The van der Waals surface area contributed by atoms with Crippen molar-refractivity contribution in [3.63, 3.8) is 0 Å². The Hall–Kier alpha value is -1.49. The molecule has 1 aromatic carbocycles. The van der Waals surface area contributed by atoms with E-state index < -0.39 is 11.7 Å². The van der Waals surface area contributed by atoms with Gasteiger partial charge >= 0.3 is 0 Å². The van der Waals surface area contributed by atoms with Gasteiger partial charge in [-0.3, -0.25) is 4.79 Å². The van der Waals surface area contributed by atoms with Gasteiger partial charge in [0, 0.05) is 23.7 Å². The topological polar surface area (TPSA) is 55.1 Å². The average molecular weight is 254 g/mol. The van der Waals surface area contributed by atoms with Gasteiger partial charge in [0.25, 0.3) is 5.91 Å². The van der Waals surface area contributed by atoms with Gasteiger partial charge in [0.15, 0.2) is 0 Å². The molecule has 0 saturated heterocycles.